The van der Waals surface area contributed by atoms with Gasteiger partial charge in [0.05, 0.1) is 0 Å². The molecular formula is C16H35N3. The Bertz CT molecular complexity index is 228. The van der Waals surface area contributed by atoms with Gasteiger partial charge in [-0.25, -0.2) is 0 Å². The van der Waals surface area contributed by atoms with Crippen LogP contribution in [0, 0.1) is 5.92 Å². The van der Waals surface area contributed by atoms with Gasteiger partial charge in [0, 0.05) is 25.2 Å². The molecule has 3 unspecified atom stereocenters. The molecule has 0 amide bonds. The van der Waals surface area contributed by atoms with Crippen molar-refractivity contribution in [2.75, 3.05) is 39.3 Å². The lowest BCUT2D eigenvalue weighted by Crippen LogP contribution is -2.49. The summed E-state index contributed by atoms with van der Waals surface area (Å²) >= 11 is 0. The SMILES string of the molecule is CCN(CC)CC(C)NC(C)C1CCCN(CC)C1. The number of nitrogens with zero attached hydrogens (tertiary/aromatic N) is 2. The monoisotopic (exact) mass is 269 g/mol. The fraction of sp³-hybridized carbons (Fsp3) is 1.00. The summed E-state index contributed by atoms with van der Waals surface area (Å²) in [6.07, 6.45) is 2.76. The largest absolute Gasteiger partial charge is 0.310 e. The molecule has 0 spiro atoms. The lowest BCUT2D eigenvalue weighted by Gasteiger charge is -2.37. The average molecular weight is 269 g/mol. The van der Waals surface area contributed by atoms with Crippen LogP contribution in [0.2, 0.25) is 0 Å². The Balaban J connectivity index is 2.34. The highest BCUT2D eigenvalue weighted by Crippen LogP contribution is 2.19. The number of rotatable bonds is 8. The van der Waals surface area contributed by atoms with Gasteiger partial charge < -0.3 is 15.1 Å². The van der Waals surface area contributed by atoms with Crippen LogP contribution in [0.5, 0.6) is 0 Å². The number of nitrogens with one attached hydrogen (secondary N) is 1. The van der Waals surface area contributed by atoms with Gasteiger partial charge in [-0.15, -0.1) is 0 Å². The fourth-order valence-electron chi connectivity index (χ4n) is 3.29. The van der Waals surface area contributed by atoms with Crippen molar-refractivity contribution in [3.63, 3.8) is 0 Å². The first-order valence-electron chi connectivity index (χ1n) is 8.31. The molecule has 0 aromatic carbocycles. The van der Waals surface area contributed by atoms with E-state index in [0.717, 1.165) is 19.0 Å². The van der Waals surface area contributed by atoms with E-state index >= 15 is 0 Å². The van der Waals surface area contributed by atoms with Crippen molar-refractivity contribution in [2.45, 2.75) is 59.5 Å². The van der Waals surface area contributed by atoms with E-state index in [1.807, 2.05) is 0 Å². The van der Waals surface area contributed by atoms with Gasteiger partial charge in [0.15, 0.2) is 0 Å². The molecule has 0 aromatic heterocycles. The third-order valence-electron chi connectivity index (χ3n) is 4.67. The van der Waals surface area contributed by atoms with Crippen molar-refractivity contribution in [3.8, 4) is 0 Å². The van der Waals surface area contributed by atoms with E-state index in [2.05, 4.69) is 49.7 Å². The molecule has 1 fully saturated rings. The first-order chi connectivity index (χ1) is 9.10. The third-order valence-corrected chi connectivity index (χ3v) is 4.67. The minimum absolute atomic E-state index is 0.590. The zero-order valence-electron chi connectivity index (χ0n) is 13.8. The van der Waals surface area contributed by atoms with Crippen molar-refractivity contribution in [2.24, 2.45) is 5.92 Å². The highest BCUT2D eigenvalue weighted by atomic mass is 15.2. The molecule has 1 rings (SSSR count). The summed E-state index contributed by atoms with van der Waals surface area (Å²) in [5.41, 5.74) is 0. The molecular weight excluding hydrogens is 234 g/mol. The Morgan fingerprint density at radius 2 is 1.89 bits per heavy atom. The number of likely N-dealkylation sites (N-methyl/N-ethyl adjacent to an activating group) is 1. The minimum Gasteiger partial charge on any atom is -0.310 e. The molecule has 3 heteroatoms. The van der Waals surface area contributed by atoms with E-state index in [1.54, 1.807) is 0 Å². The van der Waals surface area contributed by atoms with Crippen LogP contribution >= 0.6 is 0 Å². The molecule has 1 heterocycles. The van der Waals surface area contributed by atoms with Gasteiger partial charge in [-0.2, -0.15) is 0 Å². The molecule has 0 aliphatic carbocycles. The Labute approximate surface area is 120 Å². The molecule has 0 aromatic rings. The van der Waals surface area contributed by atoms with Crippen molar-refractivity contribution < 1.29 is 0 Å². The van der Waals surface area contributed by atoms with Gasteiger partial charge in [0.25, 0.3) is 0 Å². The lowest BCUT2D eigenvalue weighted by atomic mass is 9.91. The molecule has 1 aliphatic rings. The number of likely N-dealkylation sites (tertiary alicyclic amines) is 1. The summed E-state index contributed by atoms with van der Waals surface area (Å²) < 4.78 is 0. The molecule has 1 aliphatic heterocycles. The topological polar surface area (TPSA) is 18.5 Å². The Hall–Kier alpha value is -0.120. The van der Waals surface area contributed by atoms with E-state index in [1.165, 1.54) is 39.0 Å². The van der Waals surface area contributed by atoms with Crippen LogP contribution in [0.25, 0.3) is 0 Å². The maximum atomic E-state index is 3.82. The second kappa shape index (κ2) is 8.93. The molecule has 1 N–H and O–H groups in total. The second-order valence-corrected chi connectivity index (χ2v) is 6.14. The predicted octanol–water partition coefficient (Wildman–Crippen LogP) is 2.43. The van der Waals surface area contributed by atoms with Crippen LogP contribution in [-0.4, -0.2) is 61.2 Å². The Morgan fingerprint density at radius 1 is 1.21 bits per heavy atom. The van der Waals surface area contributed by atoms with Crippen LogP contribution in [0.4, 0.5) is 0 Å². The highest BCUT2D eigenvalue weighted by molar-refractivity contribution is 4.82. The van der Waals surface area contributed by atoms with Crippen molar-refractivity contribution >= 4 is 0 Å². The molecule has 0 bridgehead atoms. The maximum Gasteiger partial charge on any atom is 0.0169 e. The van der Waals surface area contributed by atoms with Crippen molar-refractivity contribution in [3.05, 3.63) is 0 Å². The Kier molecular flexibility index (Phi) is 7.96. The number of hydrogen-bond acceptors (Lipinski definition) is 3. The van der Waals surface area contributed by atoms with Crippen molar-refractivity contribution in [1.29, 1.82) is 0 Å². The highest BCUT2D eigenvalue weighted by Gasteiger charge is 2.24. The molecule has 1 saturated heterocycles. The van der Waals surface area contributed by atoms with Crippen molar-refractivity contribution in [1.82, 2.24) is 15.1 Å². The van der Waals surface area contributed by atoms with Crippen LogP contribution < -0.4 is 5.32 Å². The van der Waals surface area contributed by atoms with Gasteiger partial charge in [-0.05, 0) is 58.8 Å². The van der Waals surface area contributed by atoms with Gasteiger partial charge in [-0.3, -0.25) is 0 Å². The van der Waals surface area contributed by atoms with E-state index < -0.39 is 0 Å². The minimum atomic E-state index is 0.590. The molecule has 3 nitrogen and oxygen atoms in total. The summed E-state index contributed by atoms with van der Waals surface area (Å²) in [4.78, 5) is 5.10. The summed E-state index contributed by atoms with van der Waals surface area (Å²) in [5.74, 6) is 0.827. The summed E-state index contributed by atoms with van der Waals surface area (Å²) in [5, 5.41) is 3.82. The van der Waals surface area contributed by atoms with E-state index in [0.29, 0.717) is 12.1 Å². The molecule has 0 saturated carbocycles. The van der Waals surface area contributed by atoms with Crippen LogP contribution in [0.1, 0.15) is 47.5 Å². The lowest BCUT2D eigenvalue weighted by molar-refractivity contribution is 0.148. The van der Waals surface area contributed by atoms with Gasteiger partial charge in [0.2, 0.25) is 0 Å². The zero-order chi connectivity index (χ0) is 14.3. The smallest absolute Gasteiger partial charge is 0.0169 e. The second-order valence-electron chi connectivity index (χ2n) is 6.14. The van der Waals surface area contributed by atoms with Crippen LogP contribution in [-0.2, 0) is 0 Å². The predicted molar refractivity (Wildman–Crippen MR) is 84.7 cm³/mol. The summed E-state index contributed by atoms with van der Waals surface area (Å²) in [7, 11) is 0. The number of piperidine rings is 1. The molecule has 0 radical (unpaired) electrons. The van der Waals surface area contributed by atoms with Gasteiger partial charge in [-0.1, -0.05) is 20.8 Å². The first-order valence-corrected chi connectivity index (χ1v) is 8.31. The van der Waals surface area contributed by atoms with Gasteiger partial charge >= 0.3 is 0 Å². The van der Waals surface area contributed by atoms with E-state index in [-0.39, 0.29) is 0 Å². The average Bonchev–Trinajstić information content (AvgIpc) is 2.44. The quantitative estimate of drug-likeness (QED) is 0.730. The van der Waals surface area contributed by atoms with E-state index in [9.17, 15) is 0 Å². The summed E-state index contributed by atoms with van der Waals surface area (Å²) in [6.45, 7) is 18.8. The molecule has 3 atom stereocenters. The van der Waals surface area contributed by atoms with E-state index in [4.69, 9.17) is 0 Å². The summed E-state index contributed by atoms with van der Waals surface area (Å²) in [6, 6.07) is 1.23. The number of hydrogen-bond donors (Lipinski definition) is 1. The normalized spacial score (nSPS) is 24.6. The maximum absolute atomic E-state index is 3.82. The Morgan fingerprint density at radius 3 is 2.47 bits per heavy atom. The third kappa shape index (κ3) is 5.80. The molecule has 114 valence electrons. The van der Waals surface area contributed by atoms with Crippen LogP contribution in [0.15, 0.2) is 0 Å². The fourth-order valence-corrected chi connectivity index (χ4v) is 3.29. The van der Waals surface area contributed by atoms with Gasteiger partial charge in [0.1, 0.15) is 0 Å². The first kappa shape index (κ1) is 16.9. The van der Waals surface area contributed by atoms with Crippen LogP contribution in [0.3, 0.4) is 0 Å². The zero-order valence-corrected chi connectivity index (χ0v) is 13.8. The standard InChI is InChI=1S/C16H35N3/c1-6-18(7-2)12-14(4)17-15(5)16-10-9-11-19(8-3)13-16/h14-17H,6-13H2,1-5H3. The molecule has 19 heavy (non-hydrogen) atoms.